The highest BCUT2D eigenvalue weighted by Gasteiger charge is 2.12. The summed E-state index contributed by atoms with van der Waals surface area (Å²) in [4.78, 5) is 24.1. The van der Waals surface area contributed by atoms with Crippen LogP contribution in [0.3, 0.4) is 0 Å². The first-order chi connectivity index (χ1) is 11.0. The van der Waals surface area contributed by atoms with E-state index in [0.717, 1.165) is 16.9 Å². The zero-order valence-corrected chi connectivity index (χ0v) is 14.2. The lowest BCUT2D eigenvalue weighted by Crippen LogP contribution is -2.14. The van der Waals surface area contributed by atoms with E-state index in [1.165, 1.54) is 7.11 Å². The molecule has 4 nitrogen and oxygen atoms in total. The number of benzene rings is 2. The fourth-order valence-corrected chi connectivity index (χ4v) is 2.68. The molecule has 5 heteroatoms. The molecule has 0 saturated heterocycles. The molecule has 2 rings (SSSR count). The van der Waals surface area contributed by atoms with E-state index < -0.39 is 5.97 Å². The van der Waals surface area contributed by atoms with Gasteiger partial charge in [0, 0.05) is 17.0 Å². The van der Waals surface area contributed by atoms with Crippen molar-refractivity contribution in [2.24, 2.45) is 0 Å². The molecular weight excluding hydrogens is 310 g/mol. The summed E-state index contributed by atoms with van der Waals surface area (Å²) in [6, 6.07) is 12.6. The van der Waals surface area contributed by atoms with Crippen LogP contribution in [0, 0.1) is 6.92 Å². The van der Waals surface area contributed by atoms with Crippen LogP contribution in [-0.4, -0.2) is 25.2 Å². The van der Waals surface area contributed by atoms with Gasteiger partial charge in [-0.2, -0.15) is 11.8 Å². The van der Waals surface area contributed by atoms with Crippen LogP contribution in [0.1, 0.15) is 31.8 Å². The highest BCUT2D eigenvalue weighted by Crippen LogP contribution is 2.19. The minimum atomic E-state index is -0.428. The topological polar surface area (TPSA) is 55.4 Å². The first-order valence-corrected chi connectivity index (χ1v) is 8.52. The summed E-state index contributed by atoms with van der Waals surface area (Å²) < 4.78 is 4.71. The molecule has 0 aliphatic heterocycles. The monoisotopic (exact) mass is 329 g/mol. The first-order valence-electron chi connectivity index (χ1n) is 7.13. The second kappa shape index (κ2) is 7.83. The van der Waals surface area contributed by atoms with Crippen LogP contribution in [0.5, 0.6) is 0 Å². The molecule has 1 amide bonds. The fourth-order valence-electron chi connectivity index (χ4n) is 2.16. The Bertz CT molecular complexity index is 728. The summed E-state index contributed by atoms with van der Waals surface area (Å²) in [6.45, 7) is 1.88. The Kier molecular flexibility index (Phi) is 5.82. The summed E-state index contributed by atoms with van der Waals surface area (Å²) in [5, 5.41) is 2.86. The standard InChI is InChI=1S/C18H19NO3S/c1-12-7-8-15(18(21)22-2)10-16(12)19-17(20)14-6-4-5-13(9-14)11-23-3/h4-10H,11H2,1-3H3,(H,19,20). The molecule has 2 aromatic rings. The van der Waals surface area contributed by atoms with E-state index in [1.54, 1.807) is 36.0 Å². The normalized spacial score (nSPS) is 10.2. The molecule has 0 bridgehead atoms. The summed E-state index contributed by atoms with van der Waals surface area (Å²) >= 11 is 1.71. The molecule has 0 aromatic heterocycles. The Morgan fingerprint density at radius 3 is 2.61 bits per heavy atom. The number of methoxy groups -OCH3 is 1. The zero-order valence-electron chi connectivity index (χ0n) is 13.4. The van der Waals surface area contributed by atoms with Crippen LogP contribution in [0.4, 0.5) is 5.69 Å². The number of aryl methyl sites for hydroxylation is 1. The second-order valence-corrected chi connectivity index (χ2v) is 5.97. The van der Waals surface area contributed by atoms with Gasteiger partial charge in [-0.25, -0.2) is 4.79 Å². The van der Waals surface area contributed by atoms with Crippen molar-refractivity contribution in [3.8, 4) is 0 Å². The lowest BCUT2D eigenvalue weighted by Gasteiger charge is -2.11. The van der Waals surface area contributed by atoms with Crippen molar-refractivity contribution in [2.45, 2.75) is 12.7 Å². The van der Waals surface area contributed by atoms with Crippen molar-refractivity contribution in [3.05, 3.63) is 64.7 Å². The number of carbonyl (C=O) groups is 2. The number of hydrogen-bond acceptors (Lipinski definition) is 4. The van der Waals surface area contributed by atoms with Gasteiger partial charge in [0.2, 0.25) is 0 Å². The van der Waals surface area contributed by atoms with Gasteiger partial charge in [0.25, 0.3) is 5.91 Å². The Hall–Kier alpha value is -2.27. The van der Waals surface area contributed by atoms with Gasteiger partial charge < -0.3 is 10.1 Å². The number of carbonyl (C=O) groups excluding carboxylic acids is 2. The summed E-state index contributed by atoms with van der Waals surface area (Å²) in [5.41, 5.74) is 3.59. The molecule has 0 aliphatic rings. The Morgan fingerprint density at radius 2 is 1.91 bits per heavy atom. The predicted octanol–water partition coefficient (Wildman–Crippen LogP) is 3.90. The van der Waals surface area contributed by atoms with E-state index in [9.17, 15) is 9.59 Å². The van der Waals surface area contributed by atoms with Gasteiger partial charge in [-0.05, 0) is 48.6 Å². The van der Waals surface area contributed by atoms with Crippen LogP contribution in [-0.2, 0) is 10.5 Å². The minimum Gasteiger partial charge on any atom is -0.465 e. The number of anilines is 1. The van der Waals surface area contributed by atoms with E-state index in [1.807, 2.05) is 31.4 Å². The quantitative estimate of drug-likeness (QED) is 0.845. The predicted molar refractivity (Wildman–Crippen MR) is 94.1 cm³/mol. The number of thioether (sulfide) groups is 1. The fraction of sp³-hybridized carbons (Fsp3) is 0.222. The zero-order chi connectivity index (χ0) is 16.8. The van der Waals surface area contributed by atoms with E-state index in [4.69, 9.17) is 4.74 Å². The van der Waals surface area contributed by atoms with Crippen LogP contribution in [0.25, 0.3) is 0 Å². The molecule has 0 fully saturated rings. The molecule has 2 aromatic carbocycles. The lowest BCUT2D eigenvalue weighted by molar-refractivity contribution is 0.0600. The lowest BCUT2D eigenvalue weighted by atomic mass is 10.1. The van der Waals surface area contributed by atoms with Gasteiger partial charge in [-0.15, -0.1) is 0 Å². The smallest absolute Gasteiger partial charge is 0.337 e. The van der Waals surface area contributed by atoms with Gasteiger partial charge in [-0.1, -0.05) is 18.2 Å². The third-order valence-corrected chi connectivity index (χ3v) is 4.03. The number of hydrogen-bond donors (Lipinski definition) is 1. The van der Waals surface area contributed by atoms with Gasteiger partial charge in [0.05, 0.1) is 12.7 Å². The second-order valence-electron chi connectivity index (χ2n) is 5.11. The number of ether oxygens (including phenoxy) is 1. The molecule has 0 spiro atoms. The Morgan fingerprint density at radius 1 is 1.13 bits per heavy atom. The van der Waals surface area contributed by atoms with Crippen molar-refractivity contribution in [1.82, 2.24) is 0 Å². The maximum Gasteiger partial charge on any atom is 0.337 e. The summed E-state index contributed by atoms with van der Waals surface area (Å²) in [6.07, 6.45) is 2.02. The maximum absolute atomic E-state index is 12.4. The number of rotatable bonds is 5. The van der Waals surface area contributed by atoms with Crippen molar-refractivity contribution >= 4 is 29.3 Å². The molecule has 0 heterocycles. The minimum absolute atomic E-state index is 0.196. The van der Waals surface area contributed by atoms with Crippen molar-refractivity contribution in [1.29, 1.82) is 0 Å². The Balaban J connectivity index is 2.23. The van der Waals surface area contributed by atoms with Crippen LogP contribution in [0.2, 0.25) is 0 Å². The Labute approximate surface area is 140 Å². The SMILES string of the molecule is COC(=O)c1ccc(C)c(NC(=O)c2cccc(CSC)c2)c1. The highest BCUT2D eigenvalue weighted by molar-refractivity contribution is 7.97. The first kappa shape index (κ1) is 17.1. The maximum atomic E-state index is 12.4. The number of amides is 1. The van der Waals surface area contributed by atoms with Crippen LogP contribution in [0.15, 0.2) is 42.5 Å². The molecule has 0 saturated carbocycles. The molecule has 0 atom stereocenters. The van der Waals surface area contributed by atoms with Crippen molar-refractivity contribution in [3.63, 3.8) is 0 Å². The average molecular weight is 329 g/mol. The van der Waals surface area contributed by atoms with E-state index in [0.29, 0.717) is 16.8 Å². The van der Waals surface area contributed by atoms with Gasteiger partial charge in [0.1, 0.15) is 0 Å². The number of esters is 1. The molecule has 0 aliphatic carbocycles. The van der Waals surface area contributed by atoms with E-state index in [2.05, 4.69) is 5.32 Å². The molecule has 1 N–H and O–H groups in total. The van der Waals surface area contributed by atoms with Gasteiger partial charge in [-0.3, -0.25) is 4.79 Å². The molecular formula is C18H19NO3S. The van der Waals surface area contributed by atoms with E-state index >= 15 is 0 Å². The molecule has 120 valence electrons. The third kappa shape index (κ3) is 4.36. The van der Waals surface area contributed by atoms with E-state index in [-0.39, 0.29) is 5.91 Å². The summed E-state index contributed by atoms with van der Waals surface area (Å²) in [5.74, 6) is 0.235. The van der Waals surface area contributed by atoms with Crippen molar-refractivity contribution in [2.75, 3.05) is 18.7 Å². The van der Waals surface area contributed by atoms with Gasteiger partial charge >= 0.3 is 5.97 Å². The molecule has 0 unspecified atom stereocenters. The van der Waals surface area contributed by atoms with Crippen LogP contribution >= 0.6 is 11.8 Å². The molecule has 0 radical (unpaired) electrons. The van der Waals surface area contributed by atoms with Crippen molar-refractivity contribution < 1.29 is 14.3 Å². The largest absolute Gasteiger partial charge is 0.465 e. The average Bonchev–Trinajstić information content (AvgIpc) is 2.56. The molecule has 23 heavy (non-hydrogen) atoms. The highest BCUT2D eigenvalue weighted by atomic mass is 32.2. The third-order valence-electron chi connectivity index (χ3n) is 3.41. The summed E-state index contributed by atoms with van der Waals surface area (Å²) in [7, 11) is 1.33. The van der Waals surface area contributed by atoms with Crippen LogP contribution < -0.4 is 5.32 Å². The number of nitrogens with one attached hydrogen (secondary N) is 1. The van der Waals surface area contributed by atoms with Gasteiger partial charge in [0.15, 0.2) is 0 Å².